The number of ether oxygens (including phenoxy) is 1. The van der Waals surface area contributed by atoms with Crippen LogP contribution in [0.1, 0.15) is 37.8 Å². The van der Waals surface area contributed by atoms with Crippen LogP contribution >= 0.6 is 0 Å². The molecule has 1 aromatic heterocycles. The van der Waals surface area contributed by atoms with Gasteiger partial charge in [-0.25, -0.2) is 13.2 Å². The van der Waals surface area contributed by atoms with E-state index in [9.17, 15) is 13.2 Å². The number of hydrogen-bond donors (Lipinski definition) is 1. The van der Waals surface area contributed by atoms with Gasteiger partial charge in [0.1, 0.15) is 11.4 Å². The SMILES string of the molecule is CC(C)Oc1ccc2c3c(c(=O)oc2c1NS(C)(=O)=O)CCCC3. The summed E-state index contributed by atoms with van der Waals surface area (Å²) in [5.74, 6) is 0.349. The molecule has 0 radical (unpaired) electrons. The molecule has 1 aliphatic rings. The van der Waals surface area contributed by atoms with Crippen LogP contribution in [0.3, 0.4) is 0 Å². The molecule has 3 rings (SSSR count). The van der Waals surface area contributed by atoms with Gasteiger partial charge in [0, 0.05) is 10.9 Å². The summed E-state index contributed by atoms with van der Waals surface area (Å²) in [6.45, 7) is 3.69. The normalized spacial score (nSPS) is 14.7. The molecule has 0 amide bonds. The van der Waals surface area contributed by atoms with E-state index in [0.29, 0.717) is 17.7 Å². The number of sulfonamides is 1. The largest absolute Gasteiger partial charge is 0.489 e. The monoisotopic (exact) mass is 351 g/mol. The zero-order valence-corrected chi connectivity index (χ0v) is 14.8. The van der Waals surface area contributed by atoms with Crippen molar-refractivity contribution in [3.63, 3.8) is 0 Å². The lowest BCUT2D eigenvalue weighted by Crippen LogP contribution is -2.18. The molecule has 0 atom stereocenters. The molecule has 0 aliphatic heterocycles. The maximum Gasteiger partial charge on any atom is 0.339 e. The summed E-state index contributed by atoms with van der Waals surface area (Å²) in [6.07, 6.45) is 4.37. The lowest BCUT2D eigenvalue weighted by molar-refractivity contribution is 0.244. The molecular weight excluding hydrogens is 330 g/mol. The van der Waals surface area contributed by atoms with Crippen LogP contribution in [0.15, 0.2) is 21.3 Å². The number of nitrogens with one attached hydrogen (secondary N) is 1. The summed E-state index contributed by atoms with van der Waals surface area (Å²) < 4.78 is 37.2. The molecule has 1 aliphatic carbocycles. The summed E-state index contributed by atoms with van der Waals surface area (Å²) in [6, 6.07) is 3.57. The molecule has 0 saturated heterocycles. The van der Waals surface area contributed by atoms with Gasteiger partial charge in [0.2, 0.25) is 10.0 Å². The molecule has 0 saturated carbocycles. The number of hydrogen-bond acceptors (Lipinski definition) is 5. The van der Waals surface area contributed by atoms with Gasteiger partial charge in [0.15, 0.2) is 5.58 Å². The predicted molar refractivity (Wildman–Crippen MR) is 93.4 cm³/mol. The van der Waals surface area contributed by atoms with Crippen LogP contribution in [0, 0.1) is 0 Å². The second-order valence-corrected chi connectivity index (χ2v) is 8.16. The van der Waals surface area contributed by atoms with Crippen molar-refractivity contribution >= 4 is 26.7 Å². The third kappa shape index (κ3) is 3.26. The summed E-state index contributed by atoms with van der Waals surface area (Å²) in [4.78, 5) is 12.3. The minimum absolute atomic E-state index is 0.146. The highest BCUT2D eigenvalue weighted by Gasteiger charge is 2.23. The first-order valence-electron chi connectivity index (χ1n) is 8.02. The third-order valence-corrected chi connectivity index (χ3v) is 4.58. The van der Waals surface area contributed by atoms with Crippen molar-refractivity contribution in [3.05, 3.63) is 33.7 Å². The predicted octanol–water partition coefficient (Wildman–Crippen LogP) is 2.83. The van der Waals surface area contributed by atoms with E-state index in [-0.39, 0.29) is 17.4 Å². The molecule has 0 unspecified atom stereocenters. The zero-order chi connectivity index (χ0) is 17.5. The van der Waals surface area contributed by atoms with Crippen LogP contribution in [-0.2, 0) is 22.9 Å². The summed E-state index contributed by atoms with van der Waals surface area (Å²) in [5.41, 5.74) is 1.70. The molecule has 1 N–H and O–H groups in total. The van der Waals surface area contributed by atoms with Crippen LogP contribution in [-0.4, -0.2) is 20.8 Å². The quantitative estimate of drug-likeness (QED) is 0.856. The molecule has 130 valence electrons. The molecule has 6 nitrogen and oxygen atoms in total. The van der Waals surface area contributed by atoms with E-state index < -0.39 is 15.6 Å². The first kappa shape index (κ1) is 16.8. The van der Waals surface area contributed by atoms with E-state index in [1.807, 2.05) is 19.9 Å². The van der Waals surface area contributed by atoms with E-state index in [1.165, 1.54) is 0 Å². The molecule has 0 spiro atoms. The molecule has 2 aromatic rings. The van der Waals surface area contributed by atoms with E-state index in [0.717, 1.165) is 36.5 Å². The Morgan fingerprint density at radius 3 is 2.46 bits per heavy atom. The average molecular weight is 351 g/mol. The van der Waals surface area contributed by atoms with Crippen LogP contribution < -0.4 is 15.1 Å². The van der Waals surface area contributed by atoms with Gasteiger partial charge in [-0.05, 0) is 57.2 Å². The van der Waals surface area contributed by atoms with E-state index in [4.69, 9.17) is 9.15 Å². The first-order valence-corrected chi connectivity index (χ1v) is 9.91. The highest BCUT2D eigenvalue weighted by Crippen LogP contribution is 2.37. The molecular formula is C17H21NO5S. The number of benzene rings is 1. The molecule has 24 heavy (non-hydrogen) atoms. The van der Waals surface area contributed by atoms with Gasteiger partial charge in [-0.2, -0.15) is 0 Å². The van der Waals surface area contributed by atoms with Crippen LogP contribution in [0.5, 0.6) is 5.75 Å². The van der Waals surface area contributed by atoms with Gasteiger partial charge >= 0.3 is 5.63 Å². The Bertz CT molecular complexity index is 944. The van der Waals surface area contributed by atoms with Crippen molar-refractivity contribution in [3.8, 4) is 5.75 Å². The summed E-state index contributed by atoms with van der Waals surface area (Å²) in [5, 5.41) is 0.770. The van der Waals surface area contributed by atoms with E-state index >= 15 is 0 Å². The number of rotatable bonds is 4. The fraction of sp³-hybridized carbons (Fsp3) is 0.471. The van der Waals surface area contributed by atoms with Gasteiger partial charge < -0.3 is 9.15 Å². The number of aryl methyl sites for hydroxylation is 1. The maximum absolute atomic E-state index is 12.3. The highest BCUT2D eigenvalue weighted by atomic mass is 32.2. The Morgan fingerprint density at radius 2 is 1.83 bits per heavy atom. The summed E-state index contributed by atoms with van der Waals surface area (Å²) >= 11 is 0. The van der Waals surface area contributed by atoms with Crippen molar-refractivity contribution in [1.82, 2.24) is 0 Å². The van der Waals surface area contributed by atoms with E-state index in [2.05, 4.69) is 4.72 Å². The van der Waals surface area contributed by atoms with E-state index in [1.54, 1.807) is 6.07 Å². The third-order valence-electron chi connectivity index (χ3n) is 4.00. The Morgan fingerprint density at radius 1 is 1.17 bits per heavy atom. The van der Waals surface area contributed by atoms with Crippen LogP contribution in [0.2, 0.25) is 0 Å². The average Bonchev–Trinajstić information content (AvgIpc) is 2.48. The highest BCUT2D eigenvalue weighted by molar-refractivity contribution is 7.92. The molecule has 0 bridgehead atoms. The zero-order valence-electron chi connectivity index (χ0n) is 14.0. The van der Waals surface area contributed by atoms with Gasteiger partial charge in [0.25, 0.3) is 0 Å². The van der Waals surface area contributed by atoms with Gasteiger partial charge in [-0.1, -0.05) is 0 Å². The minimum Gasteiger partial charge on any atom is -0.489 e. The lowest BCUT2D eigenvalue weighted by Gasteiger charge is -2.20. The lowest BCUT2D eigenvalue weighted by atomic mass is 9.90. The second-order valence-electron chi connectivity index (χ2n) is 6.41. The fourth-order valence-electron chi connectivity index (χ4n) is 3.12. The minimum atomic E-state index is -3.55. The van der Waals surface area contributed by atoms with Crippen molar-refractivity contribution in [2.24, 2.45) is 0 Å². The first-order chi connectivity index (χ1) is 11.3. The molecule has 1 heterocycles. The summed E-state index contributed by atoms with van der Waals surface area (Å²) in [7, 11) is -3.55. The molecule has 7 heteroatoms. The Balaban J connectivity index is 2.32. The van der Waals surface area contributed by atoms with Crippen molar-refractivity contribution < 1.29 is 17.6 Å². The smallest absolute Gasteiger partial charge is 0.339 e. The second kappa shape index (κ2) is 6.12. The molecule has 0 fully saturated rings. The standard InChI is InChI=1S/C17H21NO5S/c1-10(2)22-14-9-8-12-11-6-4-5-7-13(11)17(19)23-16(12)15(14)18-24(3,20)21/h8-10,18H,4-7H2,1-3H3. The number of anilines is 1. The van der Waals surface area contributed by atoms with Gasteiger partial charge in [0.05, 0.1) is 12.4 Å². The van der Waals surface area contributed by atoms with Crippen molar-refractivity contribution in [1.29, 1.82) is 0 Å². The van der Waals surface area contributed by atoms with Crippen molar-refractivity contribution in [2.75, 3.05) is 11.0 Å². The van der Waals surface area contributed by atoms with Crippen LogP contribution in [0.25, 0.3) is 11.0 Å². The van der Waals surface area contributed by atoms with Crippen molar-refractivity contribution in [2.45, 2.75) is 45.6 Å². The van der Waals surface area contributed by atoms with Crippen LogP contribution in [0.4, 0.5) is 5.69 Å². The Hall–Kier alpha value is -2.02. The molecule has 1 aromatic carbocycles. The fourth-order valence-corrected chi connectivity index (χ4v) is 3.69. The topological polar surface area (TPSA) is 85.6 Å². The Labute approximate surface area is 140 Å². The maximum atomic E-state index is 12.3. The van der Waals surface area contributed by atoms with Gasteiger partial charge in [-0.3, -0.25) is 4.72 Å². The Kier molecular flexibility index (Phi) is 4.29. The van der Waals surface area contributed by atoms with Gasteiger partial charge in [-0.15, -0.1) is 0 Å². The number of fused-ring (bicyclic) bond motifs is 3.